The summed E-state index contributed by atoms with van der Waals surface area (Å²) in [5, 5.41) is 22.9. The van der Waals surface area contributed by atoms with Gasteiger partial charge in [0.15, 0.2) is 4.34 Å². The van der Waals surface area contributed by atoms with E-state index < -0.39 is 34.0 Å². The molecule has 2 N–H and O–H groups in total. The Bertz CT molecular complexity index is 1150. The summed E-state index contributed by atoms with van der Waals surface area (Å²) in [5.41, 5.74) is -1.36. The number of hydrogen-bond donors (Lipinski definition) is 2. The molecule has 3 rings (SSSR count). The zero-order valence-corrected chi connectivity index (χ0v) is 17.4. The molecule has 3 aromatic rings. The maximum absolute atomic E-state index is 13.1. The molecule has 0 saturated carbocycles. The number of carbonyl (C=O) groups excluding carboxylic acids is 2. The monoisotopic (exact) mass is 483 g/mol. The van der Waals surface area contributed by atoms with Gasteiger partial charge in [0, 0.05) is 17.8 Å². The van der Waals surface area contributed by atoms with Crippen LogP contribution in [0, 0.1) is 10.1 Å². The number of anilines is 2. The minimum atomic E-state index is -4.69. The molecule has 0 aliphatic heterocycles. The van der Waals surface area contributed by atoms with Crippen LogP contribution in [-0.2, 0) is 11.0 Å². The van der Waals surface area contributed by atoms with Crippen molar-refractivity contribution in [1.82, 2.24) is 10.2 Å². The number of carbonyl (C=O) groups is 2. The highest BCUT2D eigenvalue weighted by Crippen LogP contribution is 2.32. The zero-order chi connectivity index (χ0) is 23.3. The normalized spacial score (nSPS) is 11.1. The Balaban J connectivity index is 1.55. The third-order valence-electron chi connectivity index (χ3n) is 3.79. The Morgan fingerprint density at radius 3 is 2.41 bits per heavy atom. The number of nitro benzene ring substituents is 1. The second-order valence-electron chi connectivity index (χ2n) is 6.01. The molecule has 166 valence electrons. The van der Waals surface area contributed by atoms with Gasteiger partial charge in [-0.25, -0.2) is 0 Å². The summed E-state index contributed by atoms with van der Waals surface area (Å²) < 4.78 is 39.5. The lowest BCUT2D eigenvalue weighted by Gasteiger charge is -2.11. The summed E-state index contributed by atoms with van der Waals surface area (Å²) in [6.07, 6.45) is -4.69. The molecule has 0 aliphatic rings. The molecule has 0 atom stereocenters. The number of rotatable bonds is 7. The molecule has 0 saturated heterocycles. The van der Waals surface area contributed by atoms with E-state index in [0.717, 1.165) is 35.2 Å². The molecular weight excluding hydrogens is 471 g/mol. The molecule has 0 radical (unpaired) electrons. The lowest BCUT2D eigenvalue weighted by molar-refractivity contribution is -0.384. The second kappa shape index (κ2) is 9.74. The maximum atomic E-state index is 13.1. The third-order valence-corrected chi connectivity index (χ3v) is 5.76. The quantitative estimate of drug-likeness (QED) is 0.220. The Kier molecular flexibility index (Phi) is 7.05. The van der Waals surface area contributed by atoms with Gasteiger partial charge in [0.25, 0.3) is 11.6 Å². The number of nitrogens with zero attached hydrogens (tertiary/aromatic N) is 3. The summed E-state index contributed by atoms with van der Waals surface area (Å²) in [5.74, 6) is -1.47. The molecule has 14 heteroatoms. The third kappa shape index (κ3) is 6.01. The first-order valence-electron chi connectivity index (χ1n) is 8.61. The number of nitro groups is 1. The van der Waals surface area contributed by atoms with E-state index in [4.69, 9.17) is 0 Å². The summed E-state index contributed by atoms with van der Waals surface area (Å²) in [6.45, 7) is 0. The highest BCUT2D eigenvalue weighted by Gasteiger charge is 2.35. The van der Waals surface area contributed by atoms with Gasteiger partial charge in [-0.3, -0.25) is 25.0 Å². The number of non-ortho nitro benzene ring substituents is 1. The minimum absolute atomic E-state index is 0.0229. The molecule has 32 heavy (non-hydrogen) atoms. The number of halogens is 3. The van der Waals surface area contributed by atoms with Crippen LogP contribution in [0.15, 0.2) is 52.9 Å². The van der Waals surface area contributed by atoms with Gasteiger partial charge >= 0.3 is 6.18 Å². The first-order valence-corrected chi connectivity index (χ1v) is 10.4. The average molecular weight is 483 g/mol. The summed E-state index contributed by atoms with van der Waals surface area (Å²) in [6, 6.07) is 9.63. The molecule has 0 unspecified atom stereocenters. The van der Waals surface area contributed by atoms with Crippen LogP contribution in [-0.4, -0.2) is 32.7 Å². The Morgan fingerprint density at radius 1 is 1.06 bits per heavy atom. The lowest BCUT2D eigenvalue weighted by Crippen LogP contribution is -2.18. The van der Waals surface area contributed by atoms with Crippen LogP contribution in [0.4, 0.5) is 29.7 Å². The standard InChI is InChI=1S/C18H12F3N5O4S2/c19-18(20,21)13-4-2-1-3-12(13)15(28)23-16-24-25-17(32-16)31-9-14(27)22-10-5-7-11(8-6-10)26(29)30/h1-8H,9H2,(H,22,27)(H,23,24,28). The van der Waals surface area contributed by atoms with E-state index in [9.17, 15) is 32.9 Å². The summed E-state index contributed by atoms with van der Waals surface area (Å²) in [4.78, 5) is 34.3. The van der Waals surface area contributed by atoms with Crippen molar-refractivity contribution >= 4 is 51.4 Å². The van der Waals surface area contributed by atoms with E-state index in [1.807, 2.05) is 0 Å². The van der Waals surface area contributed by atoms with Gasteiger partial charge in [-0.05, 0) is 24.3 Å². The van der Waals surface area contributed by atoms with Gasteiger partial charge in [0.2, 0.25) is 11.0 Å². The Labute approximate surface area is 186 Å². The second-order valence-corrected chi connectivity index (χ2v) is 8.21. The number of amides is 2. The van der Waals surface area contributed by atoms with Gasteiger partial charge < -0.3 is 5.32 Å². The van der Waals surface area contributed by atoms with Gasteiger partial charge in [-0.1, -0.05) is 35.2 Å². The first kappa shape index (κ1) is 23.1. The van der Waals surface area contributed by atoms with E-state index in [0.29, 0.717) is 10.0 Å². The number of nitrogens with one attached hydrogen (secondary N) is 2. The van der Waals surface area contributed by atoms with Crippen molar-refractivity contribution in [3.63, 3.8) is 0 Å². The van der Waals surface area contributed by atoms with E-state index in [1.54, 1.807) is 0 Å². The predicted octanol–water partition coefficient (Wildman–Crippen LogP) is 4.45. The van der Waals surface area contributed by atoms with Crippen molar-refractivity contribution in [3.8, 4) is 0 Å². The average Bonchev–Trinajstić information content (AvgIpc) is 3.19. The van der Waals surface area contributed by atoms with Crippen LogP contribution in [0.1, 0.15) is 15.9 Å². The topological polar surface area (TPSA) is 127 Å². The molecule has 2 amide bonds. The van der Waals surface area contributed by atoms with Crippen molar-refractivity contribution in [2.75, 3.05) is 16.4 Å². The van der Waals surface area contributed by atoms with Crippen LogP contribution in [0.5, 0.6) is 0 Å². The fourth-order valence-electron chi connectivity index (χ4n) is 2.40. The van der Waals surface area contributed by atoms with Gasteiger partial charge in [0.1, 0.15) is 0 Å². The number of aromatic nitrogens is 2. The number of hydrogen-bond acceptors (Lipinski definition) is 8. The van der Waals surface area contributed by atoms with Crippen molar-refractivity contribution in [1.29, 1.82) is 0 Å². The minimum Gasteiger partial charge on any atom is -0.325 e. The lowest BCUT2D eigenvalue weighted by atomic mass is 10.1. The van der Waals surface area contributed by atoms with E-state index in [2.05, 4.69) is 20.8 Å². The summed E-state index contributed by atoms with van der Waals surface area (Å²) in [7, 11) is 0. The fourth-order valence-corrected chi connectivity index (χ4v) is 3.95. The summed E-state index contributed by atoms with van der Waals surface area (Å²) >= 11 is 1.90. The smallest absolute Gasteiger partial charge is 0.325 e. The number of thioether (sulfide) groups is 1. The van der Waals surface area contributed by atoms with Crippen LogP contribution in [0.2, 0.25) is 0 Å². The first-order chi connectivity index (χ1) is 15.1. The van der Waals surface area contributed by atoms with Crippen LogP contribution in [0.3, 0.4) is 0 Å². The van der Waals surface area contributed by atoms with Crippen LogP contribution >= 0.6 is 23.1 Å². The number of alkyl halides is 3. The molecule has 9 nitrogen and oxygen atoms in total. The molecule has 2 aromatic carbocycles. The Hall–Kier alpha value is -3.52. The number of benzene rings is 2. The van der Waals surface area contributed by atoms with E-state index >= 15 is 0 Å². The van der Waals surface area contributed by atoms with Crippen molar-refractivity contribution in [3.05, 3.63) is 69.8 Å². The molecule has 1 aromatic heterocycles. The molecule has 1 heterocycles. The fraction of sp³-hybridized carbons (Fsp3) is 0.111. The van der Waals surface area contributed by atoms with E-state index in [1.165, 1.54) is 36.4 Å². The van der Waals surface area contributed by atoms with E-state index in [-0.39, 0.29) is 16.6 Å². The van der Waals surface area contributed by atoms with Gasteiger partial charge in [-0.15, -0.1) is 10.2 Å². The predicted molar refractivity (Wildman–Crippen MR) is 112 cm³/mol. The molecule has 0 fully saturated rings. The molecule has 0 bridgehead atoms. The van der Waals surface area contributed by atoms with Gasteiger partial charge in [-0.2, -0.15) is 13.2 Å². The SMILES string of the molecule is O=C(CSc1nnc(NC(=O)c2ccccc2C(F)(F)F)s1)Nc1ccc([N+](=O)[O-])cc1. The van der Waals surface area contributed by atoms with Gasteiger partial charge in [0.05, 0.1) is 21.8 Å². The maximum Gasteiger partial charge on any atom is 0.417 e. The van der Waals surface area contributed by atoms with Crippen LogP contribution in [0.25, 0.3) is 0 Å². The molecule has 0 spiro atoms. The van der Waals surface area contributed by atoms with Crippen molar-refractivity contribution in [2.45, 2.75) is 10.5 Å². The zero-order valence-electron chi connectivity index (χ0n) is 15.8. The molecular formula is C18H12F3N5O4S2. The Morgan fingerprint density at radius 2 is 1.75 bits per heavy atom. The van der Waals surface area contributed by atoms with Crippen molar-refractivity contribution < 1.29 is 27.7 Å². The molecule has 0 aliphatic carbocycles. The highest BCUT2D eigenvalue weighted by atomic mass is 32.2. The highest BCUT2D eigenvalue weighted by molar-refractivity contribution is 8.01. The van der Waals surface area contributed by atoms with Crippen LogP contribution < -0.4 is 10.6 Å². The van der Waals surface area contributed by atoms with Crippen molar-refractivity contribution in [2.24, 2.45) is 0 Å². The largest absolute Gasteiger partial charge is 0.417 e.